The predicted molar refractivity (Wildman–Crippen MR) is 43.6 cm³/mol. The molecule has 0 radical (unpaired) electrons. The number of thiol groups is 1. The van der Waals surface area contributed by atoms with E-state index in [-0.39, 0.29) is 0 Å². The lowest BCUT2D eigenvalue weighted by Crippen LogP contribution is -2.41. The van der Waals surface area contributed by atoms with Gasteiger partial charge in [0.2, 0.25) is 0 Å². The molecule has 1 unspecified atom stereocenters. The second-order valence-electron chi connectivity index (χ2n) is 2.33. The summed E-state index contributed by atoms with van der Waals surface area (Å²) in [4.78, 5) is 0. The fourth-order valence-electron chi connectivity index (χ4n) is 0.566. The van der Waals surface area contributed by atoms with Crippen molar-refractivity contribution in [2.45, 2.75) is 30.5 Å². The summed E-state index contributed by atoms with van der Waals surface area (Å²) in [5, 5.41) is 34.4. The summed E-state index contributed by atoms with van der Waals surface area (Å²) in [6.45, 7) is 0.506. The van der Waals surface area contributed by atoms with Crippen LogP contribution < -0.4 is 0 Å². The van der Waals surface area contributed by atoms with E-state index < -0.39 is 30.1 Å². The first-order valence-electron chi connectivity index (χ1n) is 3.68. The normalized spacial score (nSPS) is 26.5. The van der Waals surface area contributed by atoms with Crippen molar-refractivity contribution in [1.82, 2.24) is 0 Å². The molecule has 4 atom stereocenters. The van der Waals surface area contributed by atoms with Crippen LogP contribution in [0.15, 0.2) is 0 Å². The van der Waals surface area contributed by atoms with Crippen LogP contribution in [0.2, 0.25) is 0 Å². The Hall–Kier alpha value is 0.190. The Labute approximate surface area is 72.3 Å². The molecule has 68 valence electrons. The smallest absolute Gasteiger partial charge is 0.104 e. The van der Waals surface area contributed by atoms with Crippen LogP contribution in [0.5, 0.6) is 0 Å². The van der Waals surface area contributed by atoms with Gasteiger partial charge in [0.25, 0.3) is 0 Å². The Bertz CT molecular complexity index is 138. The molecule has 0 fully saturated rings. The molecule has 5 heteroatoms. The van der Waals surface area contributed by atoms with Gasteiger partial charge in [0.05, 0.1) is 25.4 Å². The highest BCUT2D eigenvalue weighted by Crippen LogP contribution is 2.10. The maximum Gasteiger partial charge on any atom is 0.104 e. The SMILES string of the molecule is [2H]C(C)(O)[C@H](S)[C@H](O)[C@H](O)CO. The summed E-state index contributed by atoms with van der Waals surface area (Å²) >= 11 is 3.74. The number of rotatable bonds is 4. The quantitative estimate of drug-likeness (QED) is 0.339. The summed E-state index contributed by atoms with van der Waals surface area (Å²) in [5.74, 6) is 0. The molecule has 0 bridgehead atoms. The van der Waals surface area contributed by atoms with Crippen LogP contribution in [0.25, 0.3) is 0 Å². The second kappa shape index (κ2) is 4.95. The van der Waals surface area contributed by atoms with Crippen LogP contribution in [-0.2, 0) is 0 Å². The third-order valence-corrected chi connectivity index (χ3v) is 2.01. The monoisotopic (exact) mass is 183 g/mol. The number of hydrogen-bond acceptors (Lipinski definition) is 5. The fraction of sp³-hybridized carbons (Fsp3) is 1.00. The average Bonchev–Trinajstić information content (AvgIpc) is 1.98. The zero-order valence-corrected chi connectivity index (χ0v) is 7.07. The van der Waals surface area contributed by atoms with Crippen molar-refractivity contribution < 1.29 is 21.8 Å². The third-order valence-electron chi connectivity index (χ3n) is 1.33. The van der Waals surface area contributed by atoms with E-state index in [9.17, 15) is 0 Å². The number of hydrogen-bond donors (Lipinski definition) is 5. The molecule has 0 amide bonds. The Morgan fingerprint density at radius 2 is 1.91 bits per heavy atom. The molecule has 0 aliphatic carbocycles. The van der Waals surface area contributed by atoms with E-state index in [1.807, 2.05) is 0 Å². The van der Waals surface area contributed by atoms with Gasteiger partial charge in [0.15, 0.2) is 0 Å². The first-order chi connectivity index (χ1) is 5.30. The molecule has 0 aromatic rings. The molecule has 0 aromatic heterocycles. The first-order valence-corrected chi connectivity index (χ1v) is 3.69. The first kappa shape index (κ1) is 9.28. The van der Waals surface area contributed by atoms with Crippen molar-refractivity contribution in [3.05, 3.63) is 0 Å². The van der Waals surface area contributed by atoms with Gasteiger partial charge >= 0.3 is 0 Å². The lowest BCUT2D eigenvalue weighted by Gasteiger charge is -2.23. The maximum absolute atomic E-state index is 9.16. The summed E-state index contributed by atoms with van der Waals surface area (Å²) in [5.41, 5.74) is 0. The van der Waals surface area contributed by atoms with Gasteiger partial charge in [-0.1, -0.05) is 0 Å². The van der Waals surface area contributed by atoms with Gasteiger partial charge in [0, 0.05) is 0 Å². The average molecular weight is 183 g/mol. The topological polar surface area (TPSA) is 80.9 Å². The molecule has 0 saturated heterocycles. The molecule has 11 heavy (non-hydrogen) atoms. The van der Waals surface area contributed by atoms with Crippen LogP contribution >= 0.6 is 12.6 Å². The van der Waals surface area contributed by atoms with Gasteiger partial charge in [-0.15, -0.1) is 0 Å². The van der Waals surface area contributed by atoms with Crippen molar-refractivity contribution in [1.29, 1.82) is 0 Å². The number of aliphatic hydroxyl groups is 4. The minimum Gasteiger partial charge on any atom is -0.394 e. The van der Waals surface area contributed by atoms with Crippen LogP contribution in [0, 0.1) is 0 Å². The van der Waals surface area contributed by atoms with Gasteiger partial charge in [-0.05, 0) is 6.92 Å². The summed E-state index contributed by atoms with van der Waals surface area (Å²) < 4.78 is 7.06. The van der Waals surface area contributed by atoms with Crippen molar-refractivity contribution in [3.8, 4) is 0 Å². The van der Waals surface area contributed by atoms with Crippen LogP contribution in [0.1, 0.15) is 8.29 Å². The van der Waals surface area contributed by atoms with E-state index in [1.165, 1.54) is 0 Å². The van der Waals surface area contributed by atoms with Gasteiger partial charge in [0.1, 0.15) is 6.10 Å². The fourth-order valence-corrected chi connectivity index (χ4v) is 0.764. The highest BCUT2D eigenvalue weighted by Gasteiger charge is 2.26. The minimum atomic E-state index is -1.95. The molecule has 4 N–H and O–H groups in total. The highest BCUT2D eigenvalue weighted by molar-refractivity contribution is 7.81. The Morgan fingerprint density at radius 1 is 1.45 bits per heavy atom. The lowest BCUT2D eigenvalue weighted by molar-refractivity contribution is -0.0291. The van der Waals surface area contributed by atoms with Crippen molar-refractivity contribution in [3.63, 3.8) is 0 Å². The zero-order chi connectivity index (χ0) is 9.94. The van der Waals surface area contributed by atoms with E-state index >= 15 is 0 Å². The van der Waals surface area contributed by atoms with Crippen LogP contribution in [0.3, 0.4) is 0 Å². The van der Waals surface area contributed by atoms with E-state index in [0.29, 0.717) is 0 Å². The Balaban J connectivity index is 4.19. The van der Waals surface area contributed by atoms with Gasteiger partial charge in [-0.25, -0.2) is 0 Å². The summed E-state index contributed by atoms with van der Waals surface area (Å²) in [6.07, 6.45) is -4.76. The van der Waals surface area contributed by atoms with Gasteiger partial charge < -0.3 is 20.4 Å². The van der Waals surface area contributed by atoms with Crippen molar-refractivity contribution in [2.75, 3.05) is 6.61 Å². The lowest BCUT2D eigenvalue weighted by atomic mass is 10.1. The molecule has 0 spiro atoms. The van der Waals surface area contributed by atoms with E-state index in [0.717, 1.165) is 6.92 Å². The van der Waals surface area contributed by atoms with Crippen LogP contribution in [0.4, 0.5) is 0 Å². The molecule has 0 aliphatic rings. The molecular weight excluding hydrogens is 168 g/mol. The van der Waals surface area contributed by atoms with Crippen LogP contribution in [-0.4, -0.2) is 50.6 Å². The second-order valence-corrected chi connectivity index (χ2v) is 2.88. The largest absolute Gasteiger partial charge is 0.394 e. The standard InChI is InChI=1S/C6H14O4S/c1-3(8)6(11)5(10)4(9)2-7/h3-11H,2H2,1H3/t3?,4-,5-,6+/m1/s1/i3D. The van der Waals surface area contributed by atoms with Crippen molar-refractivity contribution >= 4 is 12.6 Å². The molecule has 0 rings (SSSR count). The molecule has 4 nitrogen and oxygen atoms in total. The third kappa shape index (κ3) is 3.39. The Morgan fingerprint density at radius 3 is 2.18 bits per heavy atom. The predicted octanol–water partition coefficient (Wildman–Crippen LogP) is -1.62. The Kier molecular flexibility index (Phi) is 4.17. The highest BCUT2D eigenvalue weighted by atomic mass is 32.1. The maximum atomic E-state index is 9.16. The number of aliphatic hydroxyl groups excluding tert-OH is 3. The molecule has 0 heterocycles. The minimum absolute atomic E-state index is 0.631. The molecule has 0 aromatic carbocycles. The molecule has 0 aliphatic heterocycles. The zero-order valence-electron chi connectivity index (χ0n) is 7.18. The molecule has 0 saturated carbocycles. The van der Waals surface area contributed by atoms with Gasteiger partial charge in [-0.3, -0.25) is 0 Å². The van der Waals surface area contributed by atoms with E-state index in [1.54, 1.807) is 0 Å². The van der Waals surface area contributed by atoms with E-state index in [4.69, 9.17) is 21.8 Å². The molecular formula is C6H14O4S. The summed E-state index contributed by atoms with van der Waals surface area (Å²) in [6, 6.07) is 0. The van der Waals surface area contributed by atoms with Crippen molar-refractivity contribution in [2.24, 2.45) is 0 Å². The summed E-state index contributed by atoms with van der Waals surface area (Å²) in [7, 11) is 0. The van der Waals surface area contributed by atoms with Gasteiger partial charge in [-0.2, -0.15) is 12.6 Å². The van der Waals surface area contributed by atoms with E-state index in [2.05, 4.69) is 12.6 Å².